The van der Waals surface area contributed by atoms with E-state index in [4.69, 9.17) is 14.2 Å². The van der Waals surface area contributed by atoms with Crippen molar-refractivity contribution in [3.8, 4) is 0 Å². The molecule has 0 fully saturated rings. The fourth-order valence-electron chi connectivity index (χ4n) is 10.1. The van der Waals surface area contributed by atoms with Crippen molar-refractivity contribution >= 4 is 17.9 Å². The van der Waals surface area contributed by atoms with E-state index in [-0.39, 0.29) is 31.1 Å². The van der Waals surface area contributed by atoms with Crippen LogP contribution in [0.3, 0.4) is 0 Å². The van der Waals surface area contributed by atoms with Crippen LogP contribution in [0.5, 0.6) is 0 Å². The second kappa shape index (κ2) is 66.6. The van der Waals surface area contributed by atoms with E-state index in [9.17, 15) is 14.4 Å². The van der Waals surface area contributed by atoms with Gasteiger partial charge in [0.05, 0.1) is 0 Å². The van der Waals surface area contributed by atoms with Crippen LogP contribution in [0.15, 0.2) is 60.8 Å². The first-order valence-electron chi connectivity index (χ1n) is 34.3. The summed E-state index contributed by atoms with van der Waals surface area (Å²) in [5, 5.41) is 0. The molecule has 1 atom stereocenters. The van der Waals surface area contributed by atoms with Crippen LogP contribution in [0.2, 0.25) is 0 Å². The monoisotopic (exact) mass is 1090 g/mol. The van der Waals surface area contributed by atoms with E-state index in [1.54, 1.807) is 0 Å². The lowest BCUT2D eigenvalue weighted by Crippen LogP contribution is -2.30. The van der Waals surface area contributed by atoms with Crippen LogP contribution in [-0.4, -0.2) is 37.2 Å². The number of hydrogen-bond donors (Lipinski definition) is 0. The highest BCUT2D eigenvalue weighted by Gasteiger charge is 2.19. The Bertz CT molecular complexity index is 1390. The van der Waals surface area contributed by atoms with Crippen molar-refractivity contribution in [3.63, 3.8) is 0 Å². The van der Waals surface area contributed by atoms with Gasteiger partial charge in [-0.25, -0.2) is 0 Å². The topological polar surface area (TPSA) is 78.9 Å². The van der Waals surface area contributed by atoms with Gasteiger partial charge in [-0.1, -0.05) is 313 Å². The van der Waals surface area contributed by atoms with Crippen LogP contribution < -0.4 is 0 Å². The number of hydrogen-bond acceptors (Lipinski definition) is 6. The van der Waals surface area contributed by atoms with Crippen molar-refractivity contribution in [2.75, 3.05) is 13.2 Å². The highest BCUT2D eigenvalue weighted by Crippen LogP contribution is 2.17. The van der Waals surface area contributed by atoms with Crippen LogP contribution in [0, 0.1) is 0 Å². The Morgan fingerprint density at radius 2 is 0.462 bits per heavy atom. The van der Waals surface area contributed by atoms with Gasteiger partial charge in [0.1, 0.15) is 13.2 Å². The Kier molecular flexibility index (Phi) is 64.2. The third-order valence-corrected chi connectivity index (χ3v) is 15.2. The van der Waals surface area contributed by atoms with Crippen molar-refractivity contribution in [1.29, 1.82) is 0 Å². The zero-order valence-electron chi connectivity index (χ0n) is 52.2. The van der Waals surface area contributed by atoms with E-state index in [1.807, 2.05) is 0 Å². The van der Waals surface area contributed by atoms with Gasteiger partial charge in [0.25, 0.3) is 0 Å². The van der Waals surface area contributed by atoms with Gasteiger partial charge in [-0.2, -0.15) is 0 Å². The lowest BCUT2D eigenvalue weighted by molar-refractivity contribution is -0.167. The van der Waals surface area contributed by atoms with E-state index >= 15 is 0 Å². The third-order valence-electron chi connectivity index (χ3n) is 15.2. The molecule has 0 rings (SSSR count). The summed E-state index contributed by atoms with van der Waals surface area (Å²) in [5.74, 6) is -0.870. The van der Waals surface area contributed by atoms with Gasteiger partial charge < -0.3 is 14.2 Å². The van der Waals surface area contributed by atoms with Gasteiger partial charge in [0.2, 0.25) is 0 Å². The molecule has 0 heterocycles. The van der Waals surface area contributed by atoms with Crippen LogP contribution in [0.25, 0.3) is 0 Å². The molecule has 6 heteroatoms. The number of allylic oxidation sites excluding steroid dienone is 10. The standard InChI is InChI=1S/C72H130O6/c1-4-7-10-13-16-19-22-24-26-28-29-30-31-32-33-34-35-36-37-38-39-40-41-42-43-44-46-47-50-53-56-59-62-65-71(74)77-68-69(67-76-70(73)64-61-58-55-52-49-21-18-15-12-9-6-3)78-72(75)66-63-60-57-54-51-48-45-27-25-23-20-17-14-11-8-5-2/h20,22-24,27-29,31-32,45,69H,4-19,21,25-26,30,33-44,46-68H2,1-3H3/b23-20-,24-22-,29-28-,32-31-,45-27-. The van der Waals surface area contributed by atoms with E-state index in [0.717, 1.165) is 96.3 Å². The van der Waals surface area contributed by atoms with Crippen LogP contribution in [0.1, 0.15) is 361 Å². The molecule has 0 aliphatic heterocycles. The first-order valence-corrected chi connectivity index (χ1v) is 34.3. The van der Waals surface area contributed by atoms with Crippen LogP contribution in [0.4, 0.5) is 0 Å². The average Bonchev–Trinajstić information content (AvgIpc) is 3.44. The maximum atomic E-state index is 12.9. The average molecular weight is 1090 g/mol. The fourth-order valence-corrected chi connectivity index (χ4v) is 10.1. The molecule has 78 heavy (non-hydrogen) atoms. The molecule has 1 unspecified atom stereocenters. The molecule has 0 saturated heterocycles. The summed E-state index contributed by atoms with van der Waals surface area (Å²) < 4.78 is 16.9. The molecule has 6 nitrogen and oxygen atoms in total. The molecule has 0 N–H and O–H groups in total. The zero-order valence-corrected chi connectivity index (χ0v) is 52.2. The van der Waals surface area contributed by atoms with Crippen molar-refractivity contribution in [2.45, 2.75) is 367 Å². The first-order chi connectivity index (χ1) is 38.5. The number of carbonyl (C=O) groups is 3. The molecule has 0 aromatic rings. The molecule has 0 spiro atoms. The third kappa shape index (κ3) is 63.9. The van der Waals surface area contributed by atoms with Crippen molar-refractivity contribution in [1.82, 2.24) is 0 Å². The van der Waals surface area contributed by atoms with Crippen molar-refractivity contribution < 1.29 is 28.6 Å². The smallest absolute Gasteiger partial charge is 0.306 e. The number of rotatable bonds is 63. The molecule has 0 radical (unpaired) electrons. The molecule has 0 amide bonds. The van der Waals surface area contributed by atoms with Gasteiger partial charge in [0.15, 0.2) is 6.10 Å². The van der Waals surface area contributed by atoms with E-state index in [1.165, 1.54) is 225 Å². The Balaban J connectivity index is 4.10. The summed E-state index contributed by atoms with van der Waals surface area (Å²) in [5.41, 5.74) is 0. The SMILES string of the molecule is CCCCCC/C=C\C/C=C\CCCCCCCC(=O)OC(COC(=O)CCCCCCCCCCCCC)COC(=O)CCCCCCCCCCCCCCCCCCCC/C=C\C/C=C\C/C=C\CCCCCCC. The van der Waals surface area contributed by atoms with E-state index in [0.29, 0.717) is 19.3 Å². The Labute approximate surface area is 485 Å². The lowest BCUT2D eigenvalue weighted by Gasteiger charge is -2.18. The minimum Gasteiger partial charge on any atom is -0.462 e. The molecule has 0 bridgehead atoms. The normalized spacial score (nSPS) is 12.4. The second-order valence-corrected chi connectivity index (χ2v) is 23.1. The van der Waals surface area contributed by atoms with Crippen molar-refractivity contribution in [2.24, 2.45) is 0 Å². The van der Waals surface area contributed by atoms with Gasteiger partial charge in [-0.15, -0.1) is 0 Å². The number of ether oxygens (including phenoxy) is 3. The lowest BCUT2D eigenvalue weighted by atomic mass is 10.0. The summed E-state index contributed by atoms with van der Waals surface area (Å²) >= 11 is 0. The largest absolute Gasteiger partial charge is 0.462 e. The molecule has 0 saturated carbocycles. The number of unbranched alkanes of at least 4 members (excludes halogenated alkanes) is 42. The van der Waals surface area contributed by atoms with Crippen LogP contribution in [-0.2, 0) is 28.6 Å². The minimum atomic E-state index is -0.778. The summed E-state index contributed by atoms with van der Waals surface area (Å²) in [4.78, 5) is 38.3. The van der Waals surface area contributed by atoms with Gasteiger partial charge in [-0.05, 0) is 89.9 Å². The maximum Gasteiger partial charge on any atom is 0.306 e. The molecular formula is C72H130O6. The van der Waals surface area contributed by atoms with Gasteiger partial charge >= 0.3 is 17.9 Å². The first kappa shape index (κ1) is 75.1. The molecular weight excluding hydrogens is 961 g/mol. The highest BCUT2D eigenvalue weighted by atomic mass is 16.6. The molecule has 0 aromatic heterocycles. The molecule has 454 valence electrons. The summed E-state index contributed by atoms with van der Waals surface area (Å²) in [6, 6.07) is 0. The second-order valence-electron chi connectivity index (χ2n) is 23.1. The van der Waals surface area contributed by atoms with E-state index < -0.39 is 6.10 Å². The molecule has 0 aliphatic carbocycles. The Morgan fingerprint density at radius 3 is 0.731 bits per heavy atom. The van der Waals surface area contributed by atoms with E-state index in [2.05, 4.69) is 81.5 Å². The summed E-state index contributed by atoms with van der Waals surface area (Å²) in [6.45, 7) is 6.64. The summed E-state index contributed by atoms with van der Waals surface area (Å²) in [6.07, 6.45) is 85.4. The predicted molar refractivity (Wildman–Crippen MR) is 339 cm³/mol. The fraction of sp³-hybridized carbons (Fsp3) is 0.819. The molecule has 0 aliphatic rings. The number of carbonyl (C=O) groups excluding carboxylic acids is 3. The van der Waals surface area contributed by atoms with Gasteiger partial charge in [0, 0.05) is 19.3 Å². The van der Waals surface area contributed by atoms with Crippen LogP contribution >= 0.6 is 0 Å². The Morgan fingerprint density at radius 1 is 0.256 bits per heavy atom. The van der Waals surface area contributed by atoms with Crippen molar-refractivity contribution in [3.05, 3.63) is 60.8 Å². The predicted octanol–water partition coefficient (Wildman–Crippen LogP) is 23.5. The van der Waals surface area contributed by atoms with Gasteiger partial charge in [-0.3, -0.25) is 14.4 Å². The quantitative estimate of drug-likeness (QED) is 0.0261. The molecule has 0 aromatic carbocycles. The zero-order chi connectivity index (χ0) is 56.4. The maximum absolute atomic E-state index is 12.9. The Hall–Kier alpha value is -2.89. The number of esters is 3. The highest BCUT2D eigenvalue weighted by molar-refractivity contribution is 5.71. The summed E-state index contributed by atoms with van der Waals surface area (Å²) in [7, 11) is 0. The minimum absolute atomic E-state index is 0.0751.